The Hall–Kier alpha value is 0.0900. The highest BCUT2D eigenvalue weighted by atomic mass is 35.5. The molecule has 2 aliphatic heterocycles. The largest absolute Gasteiger partial charge is 0.379 e. The molecule has 2 heterocycles. The Bertz CT molecular complexity index is 203. The smallest absolute Gasteiger partial charge is 0.123 e. The van der Waals surface area contributed by atoms with E-state index in [0.29, 0.717) is 0 Å². The van der Waals surface area contributed by atoms with Gasteiger partial charge in [0.05, 0.1) is 19.8 Å². The summed E-state index contributed by atoms with van der Waals surface area (Å²) in [5.74, 6) is 0. The zero-order valence-corrected chi connectivity index (χ0v) is 10.3. The maximum atomic E-state index is 5.80. The zero-order valence-electron chi connectivity index (χ0n) is 9.53. The molecule has 0 spiro atoms. The number of rotatable bonds is 4. The number of nitrogens with zero attached hydrogens (tertiary/aromatic N) is 2. The van der Waals surface area contributed by atoms with Crippen molar-refractivity contribution in [2.75, 3.05) is 59.1 Å². The van der Waals surface area contributed by atoms with E-state index in [1.54, 1.807) is 0 Å². The van der Waals surface area contributed by atoms with Crippen LogP contribution in [0.2, 0.25) is 0 Å². The van der Waals surface area contributed by atoms with Gasteiger partial charge in [0.2, 0.25) is 0 Å². The normalized spacial score (nSPS) is 29.4. The second-order valence-corrected chi connectivity index (χ2v) is 4.43. The van der Waals surface area contributed by atoms with Gasteiger partial charge in [0, 0.05) is 39.3 Å². The molecule has 0 aliphatic carbocycles. The van der Waals surface area contributed by atoms with Gasteiger partial charge < -0.3 is 9.47 Å². The molecule has 0 bridgehead atoms. The van der Waals surface area contributed by atoms with Crippen LogP contribution in [-0.4, -0.2) is 75.1 Å². The van der Waals surface area contributed by atoms with Gasteiger partial charge in [-0.1, -0.05) is 0 Å². The van der Waals surface area contributed by atoms with Crippen molar-refractivity contribution < 1.29 is 9.47 Å². The summed E-state index contributed by atoms with van der Waals surface area (Å²) in [5, 5.41) is 0. The minimum atomic E-state index is 0.230. The van der Waals surface area contributed by atoms with Crippen LogP contribution in [0.1, 0.15) is 0 Å². The quantitative estimate of drug-likeness (QED) is 0.694. The molecule has 6 heteroatoms. The molecule has 1 N–H and O–H groups in total. The predicted octanol–water partition coefficient (Wildman–Crippen LogP) is -0.280. The number of hydrogen-bond acceptors (Lipinski definition) is 5. The molecule has 1 unspecified atom stereocenters. The first-order valence-corrected chi connectivity index (χ1v) is 6.27. The van der Waals surface area contributed by atoms with E-state index in [9.17, 15) is 0 Å². The first kappa shape index (κ1) is 12.5. The van der Waals surface area contributed by atoms with Crippen molar-refractivity contribution >= 4 is 11.8 Å². The number of ether oxygens (including phenoxy) is 2. The van der Waals surface area contributed by atoms with Crippen molar-refractivity contribution in [3.05, 3.63) is 0 Å². The first-order chi connectivity index (χ1) is 7.90. The molecule has 2 saturated heterocycles. The molecule has 2 aliphatic rings. The molecular weight excluding hydrogens is 230 g/mol. The molecule has 16 heavy (non-hydrogen) atoms. The van der Waals surface area contributed by atoms with E-state index in [4.69, 9.17) is 21.3 Å². The highest BCUT2D eigenvalue weighted by Crippen LogP contribution is 2.11. The Morgan fingerprint density at radius 1 is 1.19 bits per heavy atom. The van der Waals surface area contributed by atoms with Gasteiger partial charge in [-0.2, -0.15) is 0 Å². The summed E-state index contributed by atoms with van der Waals surface area (Å²) in [4.78, 5) is 7.42. The molecule has 5 nitrogen and oxygen atoms in total. The molecule has 0 radical (unpaired) electrons. The molecular formula is C10H20ClN3O2. The number of morpholine rings is 2. The fourth-order valence-corrected chi connectivity index (χ4v) is 2.26. The number of halogens is 1. The van der Waals surface area contributed by atoms with Gasteiger partial charge in [0.25, 0.3) is 0 Å². The third-order valence-electron chi connectivity index (χ3n) is 3.11. The van der Waals surface area contributed by atoms with Gasteiger partial charge >= 0.3 is 0 Å². The molecule has 94 valence electrons. The van der Waals surface area contributed by atoms with Crippen molar-refractivity contribution in [1.29, 1.82) is 0 Å². The van der Waals surface area contributed by atoms with E-state index in [0.717, 1.165) is 59.1 Å². The molecule has 0 aromatic heterocycles. The van der Waals surface area contributed by atoms with Crippen LogP contribution >= 0.6 is 11.8 Å². The number of hydrogen-bond donors (Lipinski definition) is 1. The molecule has 0 aromatic carbocycles. The van der Waals surface area contributed by atoms with Crippen molar-refractivity contribution in [2.45, 2.75) is 6.23 Å². The van der Waals surface area contributed by atoms with E-state index < -0.39 is 0 Å². The molecule has 0 amide bonds. The van der Waals surface area contributed by atoms with Gasteiger partial charge in [-0.3, -0.25) is 9.80 Å². The summed E-state index contributed by atoms with van der Waals surface area (Å²) < 4.78 is 11.1. The lowest BCUT2D eigenvalue weighted by atomic mass is 10.3. The SMILES string of the molecule is ClNCCN1CCOC(N2CCOCC2)C1. The lowest BCUT2D eigenvalue weighted by Crippen LogP contribution is -2.54. The Morgan fingerprint density at radius 3 is 2.75 bits per heavy atom. The van der Waals surface area contributed by atoms with Gasteiger partial charge in [-0.25, -0.2) is 4.84 Å². The van der Waals surface area contributed by atoms with E-state index in [1.807, 2.05) is 0 Å². The fraction of sp³-hybridized carbons (Fsp3) is 1.00. The van der Waals surface area contributed by atoms with Crippen LogP contribution in [0.4, 0.5) is 0 Å². The van der Waals surface area contributed by atoms with Crippen LogP contribution in [0.25, 0.3) is 0 Å². The van der Waals surface area contributed by atoms with E-state index >= 15 is 0 Å². The Labute approximate surface area is 102 Å². The highest BCUT2D eigenvalue weighted by Gasteiger charge is 2.26. The maximum absolute atomic E-state index is 5.80. The van der Waals surface area contributed by atoms with Crippen molar-refractivity contribution in [3.8, 4) is 0 Å². The summed E-state index contributed by atoms with van der Waals surface area (Å²) >= 11 is 5.47. The van der Waals surface area contributed by atoms with Crippen LogP contribution in [-0.2, 0) is 9.47 Å². The summed E-state index contributed by atoms with van der Waals surface area (Å²) in [6.45, 7) is 8.18. The van der Waals surface area contributed by atoms with Gasteiger partial charge in [-0.05, 0) is 11.8 Å². The maximum Gasteiger partial charge on any atom is 0.123 e. The van der Waals surface area contributed by atoms with Gasteiger partial charge in [-0.15, -0.1) is 0 Å². The van der Waals surface area contributed by atoms with Gasteiger partial charge in [0.15, 0.2) is 0 Å². The monoisotopic (exact) mass is 249 g/mol. The Balaban J connectivity index is 1.76. The summed E-state index contributed by atoms with van der Waals surface area (Å²) in [6, 6.07) is 0. The minimum Gasteiger partial charge on any atom is -0.379 e. The highest BCUT2D eigenvalue weighted by molar-refractivity contribution is 6.13. The van der Waals surface area contributed by atoms with Crippen LogP contribution < -0.4 is 4.84 Å². The standard InChI is InChI=1S/C10H20ClN3O2/c11-12-1-2-13-3-8-16-10(9-13)14-4-6-15-7-5-14/h10,12H,1-9H2. The van der Waals surface area contributed by atoms with Crippen LogP contribution in [0.3, 0.4) is 0 Å². The molecule has 2 fully saturated rings. The second kappa shape index (κ2) is 6.74. The molecule has 0 saturated carbocycles. The van der Waals surface area contributed by atoms with Gasteiger partial charge in [0.1, 0.15) is 6.23 Å². The van der Waals surface area contributed by atoms with E-state index in [1.165, 1.54) is 0 Å². The second-order valence-electron chi connectivity index (χ2n) is 4.16. The third kappa shape index (κ3) is 3.55. The summed E-state index contributed by atoms with van der Waals surface area (Å²) in [6.07, 6.45) is 0.230. The lowest BCUT2D eigenvalue weighted by molar-refractivity contribution is -0.134. The third-order valence-corrected chi connectivity index (χ3v) is 3.30. The van der Waals surface area contributed by atoms with Crippen molar-refractivity contribution in [3.63, 3.8) is 0 Å². The predicted molar refractivity (Wildman–Crippen MR) is 62.4 cm³/mol. The summed E-state index contributed by atoms with van der Waals surface area (Å²) in [7, 11) is 0. The average Bonchev–Trinajstić information content (AvgIpc) is 2.38. The molecule has 2 rings (SSSR count). The zero-order chi connectivity index (χ0) is 11.2. The van der Waals surface area contributed by atoms with E-state index in [2.05, 4.69) is 14.6 Å². The van der Waals surface area contributed by atoms with E-state index in [-0.39, 0.29) is 6.23 Å². The van der Waals surface area contributed by atoms with Crippen LogP contribution in [0.5, 0.6) is 0 Å². The van der Waals surface area contributed by atoms with Crippen LogP contribution in [0.15, 0.2) is 0 Å². The fourth-order valence-electron chi connectivity index (χ4n) is 2.17. The van der Waals surface area contributed by atoms with Crippen molar-refractivity contribution in [2.24, 2.45) is 0 Å². The molecule has 1 atom stereocenters. The minimum absolute atomic E-state index is 0.230. The number of nitrogens with one attached hydrogen (secondary N) is 1. The molecule has 0 aromatic rings. The average molecular weight is 250 g/mol. The topological polar surface area (TPSA) is 37.0 Å². The van der Waals surface area contributed by atoms with Crippen molar-refractivity contribution in [1.82, 2.24) is 14.6 Å². The summed E-state index contributed by atoms with van der Waals surface area (Å²) in [5.41, 5.74) is 0. The lowest BCUT2D eigenvalue weighted by Gasteiger charge is -2.40. The van der Waals surface area contributed by atoms with Crippen LogP contribution in [0, 0.1) is 0 Å². The Kier molecular flexibility index (Phi) is 5.28. The Morgan fingerprint density at radius 2 is 2.00 bits per heavy atom. The first-order valence-electron chi connectivity index (χ1n) is 5.89.